The summed E-state index contributed by atoms with van der Waals surface area (Å²) in [6, 6.07) is 8.80. The Morgan fingerprint density at radius 1 is 1.24 bits per heavy atom. The van der Waals surface area contributed by atoms with Gasteiger partial charge in [-0.3, -0.25) is 9.89 Å². The van der Waals surface area contributed by atoms with Crippen molar-refractivity contribution in [1.82, 2.24) is 15.5 Å². The van der Waals surface area contributed by atoms with Crippen molar-refractivity contribution in [1.29, 1.82) is 0 Å². The summed E-state index contributed by atoms with van der Waals surface area (Å²) in [5.41, 5.74) is 2.77. The molecule has 2 rings (SSSR count). The van der Waals surface area contributed by atoms with Gasteiger partial charge < -0.3 is 15.4 Å². The third-order valence-electron chi connectivity index (χ3n) is 4.67. The highest BCUT2D eigenvalue weighted by Crippen LogP contribution is 2.18. The second-order valence-electron chi connectivity index (χ2n) is 7.23. The number of rotatable bonds is 8. The van der Waals surface area contributed by atoms with Gasteiger partial charge in [0.1, 0.15) is 0 Å². The predicted molar refractivity (Wildman–Crippen MR) is 105 cm³/mol. The Morgan fingerprint density at radius 3 is 2.72 bits per heavy atom. The first-order chi connectivity index (χ1) is 12.0. The maximum absolute atomic E-state index is 5.43. The van der Waals surface area contributed by atoms with Gasteiger partial charge in [0.2, 0.25) is 0 Å². The van der Waals surface area contributed by atoms with Gasteiger partial charge in [-0.05, 0) is 44.7 Å². The molecule has 1 heterocycles. The topological polar surface area (TPSA) is 48.9 Å². The van der Waals surface area contributed by atoms with E-state index in [0.29, 0.717) is 6.54 Å². The molecular formula is C20H34N4O. The molecule has 1 aromatic rings. The van der Waals surface area contributed by atoms with Crippen molar-refractivity contribution in [3.05, 3.63) is 35.4 Å². The lowest BCUT2D eigenvalue weighted by Crippen LogP contribution is -2.40. The molecule has 0 spiro atoms. The monoisotopic (exact) mass is 346 g/mol. The molecule has 1 aliphatic heterocycles. The lowest BCUT2D eigenvalue weighted by Gasteiger charge is -2.28. The number of ether oxygens (including phenoxy) is 1. The average molecular weight is 347 g/mol. The summed E-state index contributed by atoms with van der Waals surface area (Å²) in [7, 11) is 1.73. The Morgan fingerprint density at radius 2 is 2.00 bits per heavy atom. The van der Waals surface area contributed by atoms with Crippen LogP contribution in [0.2, 0.25) is 0 Å². The van der Waals surface area contributed by atoms with Gasteiger partial charge in [-0.1, -0.05) is 24.3 Å². The first-order valence-corrected chi connectivity index (χ1v) is 9.40. The van der Waals surface area contributed by atoms with Crippen LogP contribution in [0.4, 0.5) is 0 Å². The number of fused-ring (bicyclic) bond motifs is 1. The van der Waals surface area contributed by atoms with E-state index in [4.69, 9.17) is 4.74 Å². The van der Waals surface area contributed by atoms with E-state index in [-0.39, 0.29) is 5.60 Å². The van der Waals surface area contributed by atoms with Gasteiger partial charge >= 0.3 is 0 Å². The molecule has 0 saturated heterocycles. The molecule has 0 fully saturated rings. The molecule has 0 bridgehead atoms. The van der Waals surface area contributed by atoms with E-state index in [1.54, 1.807) is 7.11 Å². The lowest BCUT2D eigenvalue weighted by molar-refractivity contribution is 0.0310. The minimum absolute atomic E-state index is 0.233. The molecule has 25 heavy (non-hydrogen) atoms. The summed E-state index contributed by atoms with van der Waals surface area (Å²) in [5, 5.41) is 6.73. The average Bonchev–Trinajstić information content (AvgIpc) is 2.63. The van der Waals surface area contributed by atoms with Crippen molar-refractivity contribution < 1.29 is 4.74 Å². The summed E-state index contributed by atoms with van der Waals surface area (Å²) in [5.74, 6) is 0.872. The predicted octanol–water partition coefficient (Wildman–Crippen LogP) is 2.41. The van der Waals surface area contributed by atoms with E-state index in [9.17, 15) is 0 Å². The fourth-order valence-electron chi connectivity index (χ4n) is 2.93. The van der Waals surface area contributed by atoms with Crippen LogP contribution in [0, 0.1) is 0 Å². The number of nitrogens with zero attached hydrogens (tertiary/aromatic N) is 2. The maximum Gasteiger partial charge on any atom is 0.191 e. The van der Waals surface area contributed by atoms with Gasteiger partial charge in [-0.2, -0.15) is 0 Å². The van der Waals surface area contributed by atoms with Crippen molar-refractivity contribution in [2.75, 3.05) is 39.8 Å². The highest BCUT2D eigenvalue weighted by atomic mass is 16.5. The second-order valence-corrected chi connectivity index (χ2v) is 7.23. The molecule has 0 aromatic heterocycles. The number of methoxy groups -OCH3 is 1. The normalized spacial score (nSPS) is 15.8. The van der Waals surface area contributed by atoms with E-state index >= 15 is 0 Å². The summed E-state index contributed by atoms with van der Waals surface area (Å²) in [6.45, 7) is 12.0. The molecule has 0 unspecified atom stereocenters. The van der Waals surface area contributed by atoms with Gasteiger partial charge in [-0.25, -0.2) is 0 Å². The Bertz CT molecular complexity index is 556. The van der Waals surface area contributed by atoms with Crippen LogP contribution in [0.5, 0.6) is 0 Å². The largest absolute Gasteiger partial charge is 0.377 e. The molecule has 0 amide bonds. The zero-order chi connectivity index (χ0) is 18.1. The first-order valence-electron chi connectivity index (χ1n) is 9.40. The van der Waals surface area contributed by atoms with E-state index in [0.717, 1.165) is 45.1 Å². The van der Waals surface area contributed by atoms with E-state index in [1.807, 2.05) is 13.8 Å². The number of guanidine groups is 1. The van der Waals surface area contributed by atoms with Crippen molar-refractivity contribution in [2.24, 2.45) is 4.99 Å². The fourth-order valence-corrected chi connectivity index (χ4v) is 2.93. The summed E-state index contributed by atoms with van der Waals surface area (Å²) in [6.07, 6.45) is 2.28. The van der Waals surface area contributed by atoms with Gasteiger partial charge in [0.25, 0.3) is 0 Å². The van der Waals surface area contributed by atoms with Gasteiger partial charge in [-0.15, -0.1) is 0 Å². The quantitative estimate of drug-likeness (QED) is 0.431. The van der Waals surface area contributed by atoms with Gasteiger partial charge in [0, 0.05) is 39.8 Å². The van der Waals surface area contributed by atoms with E-state index in [1.165, 1.54) is 17.5 Å². The molecule has 140 valence electrons. The maximum atomic E-state index is 5.43. The summed E-state index contributed by atoms with van der Waals surface area (Å²) in [4.78, 5) is 7.17. The molecule has 5 heteroatoms. The van der Waals surface area contributed by atoms with Crippen molar-refractivity contribution in [2.45, 2.75) is 45.8 Å². The number of nitrogens with one attached hydrogen (secondary N) is 2. The molecule has 0 aliphatic carbocycles. The standard InChI is InChI=1S/C20H34N4O/c1-5-21-19(23-16-20(2,3)25-4)22-12-8-13-24-14-11-17-9-6-7-10-18(17)15-24/h6-7,9-10H,5,8,11-16H2,1-4H3,(H2,21,22,23). The van der Waals surface area contributed by atoms with Crippen molar-refractivity contribution >= 4 is 5.96 Å². The van der Waals surface area contributed by atoms with Gasteiger partial charge in [0.15, 0.2) is 5.96 Å². The summed E-state index contributed by atoms with van der Waals surface area (Å²) < 4.78 is 5.43. The third kappa shape index (κ3) is 6.67. The highest BCUT2D eigenvalue weighted by Gasteiger charge is 2.16. The highest BCUT2D eigenvalue weighted by molar-refractivity contribution is 5.79. The Kier molecular flexibility index (Phi) is 7.72. The minimum Gasteiger partial charge on any atom is -0.377 e. The van der Waals surface area contributed by atoms with Crippen LogP contribution >= 0.6 is 0 Å². The van der Waals surface area contributed by atoms with Crippen molar-refractivity contribution in [3.8, 4) is 0 Å². The number of hydrogen-bond donors (Lipinski definition) is 2. The molecule has 5 nitrogen and oxygen atoms in total. The Hall–Kier alpha value is -1.59. The van der Waals surface area contributed by atoms with E-state index in [2.05, 4.69) is 51.7 Å². The lowest BCUT2D eigenvalue weighted by atomic mass is 10.00. The smallest absolute Gasteiger partial charge is 0.191 e. The number of benzene rings is 1. The fraction of sp³-hybridized carbons (Fsp3) is 0.650. The molecule has 0 atom stereocenters. The zero-order valence-electron chi connectivity index (χ0n) is 16.3. The third-order valence-corrected chi connectivity index (χ3v) is 4.67. The molecule has 0 radical (unpaired) electrons. The molecule has 1 aliphatic rings. The van der Waals surface area contributed by atoms with E-state index < -0.39 is 0 Å². The Balaban J connectivity index is 1.72. The molecule has 0 saturated carbocycles. The number of hydrogen-bond acceptors (Lipinski definition) is 3. The van der Waals surface area contributed by atoms with Crippen LogP contribution in [0.3, 0.4) is 0 Å². The first kappa shape index (κ1) is 19.7. The Labute approximate surface area is 152 Å². The summed E-state index contributed by atoms with van der Waals surface area (Å²) >= 11 is 0. The molecule has 2 N–H and O–H groups in total. The van der Waals surface area contributed by atoms with Crippen LogP contribution in [0.1, 0.15) is 38.3 Å². The molecule has 1 aromatic carbocycles. The van der Waals surface area contributed by atoms with Crippen molar-refractivity contribution in [3.63, 3.8) is 0 Å². The second kappa shape index (κ2) is 9.78. The van der Waals surface area contributed by atoms with Crippen LogP contribution in [0.25, 0.3) is 0 Å². The van der Waals surface area contributed by atoms with Crippen LogP contribution < -0.4 is 10.6 Å². The van der Waals surface area contributed by atoms with Gasteiger partial charge in [0.05, 0.1) is 12.1 Å². The number of aliphatic imine (C=N–C) groups is 1. The van der Waals surface area contributed by atoms with Crippen LogP contribution in [-0.4, -0.2) is 56.3 Å². The molecular weight excluding hydrogens is 312 g/mol. The SMILES string of the molecule is CCNC(=NCC(C)(C)OC)NCCCN1CCc2ccccc2C1. The van der Waals surface area contributed by atoms with Crippen LogP contribution in [0.15, 0.2) is 29.3 Å². The minimum atomic E-state index is -0.233. The van der Waals surface area contributed by atoms with Crippen LogP contribution in [-0.2, 0) is 17.7 Å². The zero-order valence-corrected chi connectivity index (χ0v) is 16.3.